The molecule has 100 valence electrons. The first kappa shape index (κ1) is 14.3. The van der Waals surface area contributed by atoms with Gasteiger partial charge in [-0.15, -0.1) is 0 Å². The van der Waals surface area contributed by atoms with Gasteiger partial charge in [-0.05, 0) is 25.2 Å². The number of alkyl halides is 3. The summed E-state index contributed by atoms with van der Waals surface area (Å²) >= 11 is 0. The van der Waals surface area contributed by atoms with Crippen molar-refractivity contribution in [3.63, 3.8) is 0 Å². The van der Waals surface area contributed by atoms with E-state index in [1.807, 2.05) is 13.8 Å². The molecule has 5 heteroatoms. The fourth-order valence-corrected chi connectivity index (χ4v) is 2.28. The standard InChI is InChI=1S/C12H20F3NO/c1-8(2)6-11(17)16-10-5-3-4-9(7-10)12(13,14)15/h8-10H,3-7H2,1-2H3,(H,16,17). The zero-order valence-corrected chi connectivity index (χ0v) is 10.3. The highest BCUT2D eigenvalue weighted by molar-refractivity contribution is 5.76. The number of amides is 1. The molecule has 1 saturated carbocycles. The van der Waals surface area contributed by atoms with Crippen LogP contribution in [-0.2, 0) is 4.79 Å². The lowest BCUT2D eigenvalue weighted by molar-refractivity contribution is -0.184. The first-order valence-electron chi connectivity index (χ1n) is 6.15. The highest BCUT2D eigenvalue weighted by atomic mass is 19.4. The van der Waals surface area contributed by atoms with Crippen LogP contribution in [0.2, 0.25) is 0 Å². The Balaban J connectivity index is 2.42. The van der Waals surface area contributed by atoms with Gasteiger partial charge >= 0.3 is 6.18 Å². The average Bonchev–Trinajstić information content (AvgIpc) is 2.15. The van der Waals surface area contributed by atoms with Crippen LogP contribution >= 0.6 is 0 Å². The second kappa shape index (κ2) is 5.74. The van der Waals surface area contributed by atoms with Crippen molar-refractivity contribution in [1.82, 2.24) is 5.32 Å². The maximum Gasteiger partial charge on any atom is 0.391 e. The van der Waals surface area contributed by atoms with E-state index in [1.54, 1.807) is 0 Å². The molecular formula is C12H20F3NO. The Morgan fingerprint density at radius 3 is 2.53 bits per heavy atom. The molecule has 1 aliphatic carbocycles. The van der Waals surface area contributed by atoms with Crippen LogP contribution in [0.1, 0.15) is 46.0 Å². The SMILES string of the molecule is CC(C)CC(=O)NC1CCCC(C(F)(F)F)C1. The lowest BCUT2D eigenvalue weighted by Crippen LogP contribution is -2.41. The molecule has 0 aromatic rings. The van der Waals surface area contributed by atoms with Gasteiger partial charge in [0, 0.05) is 12.5 Å². The molecule has 1 aliphatic rings. The monoisotopic (exact) mass is 251 g/mol. The van der Waals surface area contributed by atoms with Crippen LogP contribution in [-0.4, -0.2) is 18.1 Å². The van der Waals surface area contributed by atoms with Gasteiger partial charge in [0.2, 0.25) is 5.91 Å². The third kappa shape index (κ3) is 4.96. The summed E-state index contributed by atoms with van der Waals surface area (Å²) in [6.07, 6.45) is -2.31. The van der Waals surface area contributed by atoms with E-state index < -0.39 is 12.1 Å². The van der Waals surface area contributed by atoms with Gasteiger partial charge in [-0.2, -0.15) is 13.2 Å². The summed E-state index contributed by atoms with van der Waals surface area (Å²) in [5, 5.41) is 2.71. The second-order valence-corrected chi connectivity index (χ2v) is 5.27. The highest BCUT2D eigenvalue weighted by Gasteiger charge is 2.42. The minimum atomic E-state index is -4.12. The zero-order chi connectivity index (χ0) is 13.1. The van der Waals surface area contributed by atoms with Crippen molar-refractivity contribution in [2.45, 2.75) is 58.2 Å². The predicted octanol–water partition coefficient (Wildman–Crippen LogP) is 3.27. The van der Waals surface area contributed by atoms with Gasteiger partial charge in [0.05, 0.1) is 5.92 Å². The molecular weight excluding hydrogens is 231 g/mol. The van der Waals surface area contributed by atoms with E-state index in [-0.39, 0.29) is 30.7 Å². The summed E-state index contributed by atoms with van der Waals surface area (Å²) in [6, 6.07) is -0.304. The molecule has 0 aromatic carbocycles. The van der Waals surface area contributed by atoms with Crippen molar-refractivity contribution >= 4 is 5.91 Å². The summed E-state index contributed by atoms with van der Waals surface area (Å²) in [7, 11) is 0. The first-order valence-corrected chi connectivity index (χ1v) is 6.15. The second-order valence-electron chi connectivity index (χ2n) is 5.27. The molecule has 2 atom stereocenters. The topological polar surface area (TPSA) is 29.1 Å². The molecule has 0 aliphatic heterocycles. The van der Waals surface area contributed by atoms with Crippen molar-refractivity contribution in [3.05, 3.63) is 0 Å². The van der Waals surface area contributed by atoms with Crippen LogP contribution < -0.4 is 5.32 Å². The van der Waals surface area contributed by atoms with Gasteiger partial charge < -0.3 is 5.32 Å². The maximum absolute atomic E-state index is 12.5. The molecule has 0 radical (unpaired) electrons. The van der Waals surface area contributed by atoms with E-state index in [2.05, 4.69) is 5.32 Å². The highest BCUT2D eigenvalue weighted by Crippen LogP contribution is 2.37. The van der Waals surface area contributed by atoms with Crippen LogP contribution in [0.15, 0.2) is 0 Å². The lowest BCUT2D eigenvalue weighted by Gasteiger charge is -2.31. The largest absolute Gasteiger partial charge is 0.391 e. The Kier molecular flexibility index (Phi) is 4.83. The number of nitrogens with one attached hydrogen (secondary N) is 1. The summed E-state index contributed by atoms with van der Waals surface area (Å²) in [5.41, 5.74) is 0. The fourth-order valence-electron chi connectivity index (χ4n) is 2.28. The molecule has 1 N–H and O–H groups in total. The van der Waals surface area contributed by atoms with E-state index in [0.717, 1.165) is 0 Å². The summed E-state index contributed by atoms with van der Waals surface area (Å²) in [4.78, 5) is 11.5. The average molecular weight is 251 g/mol. The molecule has 0 spiro atoms. The number of halogens is 3. The van der Waals surface area contributed by atoms with Crippen molar-refractivity contribution in [3.8, 4) is 0 Å². The molecule has 0 bridgehead atoms. The Morgan fingerprint density at radius 1 is 1.35 bits per heavy atom. The maximum atomic E-state index is 12.5. The Morgan fingerprint density at radius 2 is 2.00 bits per heavy atom. The van der Waals surface area contributed by atoms with E-state index in [9.17, 15) is 18.0 Å². The summed E-state index contributed by atoms with van der Waals surface area (Å²) in [6.45, 7) is 3.83. The zero-order valence-electron chi connectivity index (χ0n) is 10.3. The Labute approximate surface area is 100.0 Å². The van der Waals surface area contributed by atoms with Gasteiger partial charge in [0.25, 0.3) is 0 Å². The lowest BCUT2D eigenvalue weighted by atomic mass is 9.85. The van der Waals surface area contributed by atoms with Gasteiger partial charge in [-0.25, -0.2) is 0 Å². The molecule has 1 fully saturated rings. The van der Waals surface area contributed by atoms with Gasteiger partial charge in [-0.3, -0.25) is 4.79 Å². The van der Waals surface area contributed by atoms with Crippen molar-refractivity contribution in [1.29, 1.82) is 0 Å². The van der Waals surface area contributed by atoms with Crippen LogP contribution in [0.5, 0.6) is 0 Å². The molecule has 1 rings (SSSR count). The van der Waals surface area contributed by atoms with E-state index in [4.69, 9.17) is 0 Å². The predicted molar refractivity (Wildman–Crippen MR) is 59.4 cm³/mol. The number of carbonyl (C=O) groups excluding carboxylic acids is 1. The smallest absolute Gasteiger partial charge is 0.353 e. The minimum absolute atomic E-state index is 0.0351. The van der Waals surface area contributed by atoms with Crippen molar-refractivity contribution < 1.29 is 18.0 Å². The van der Waals surface area contributed by atoms with Gasteiger partial charge in [-0.1, -0.05) is 20.3 Å². The first-order chi connectivity index (χ1) is 7.79. The molecule has 0 saturated heterocycles. The summed E-state index contributed by atoms with van der Waals surface area (Å²) < 4.78 is 37.6. The molecule has 1 amide bonds. The van der Waals surface area contributed by atoms with Crippen LogP contribution in [0.25, 0.3) is 0 Å². The molecule has 17 heavy (non-hydrogen) atoms. The fraction of sp³-hybridized carbons (Fsp3) is 0.917. The van der Waals surface area contributed by atoms with Gasteiger partial charge in [0.1, 0.15) is 0 Å². The molecule has 0 aromatic heterocycles. The Bertz CT molecular complexity index is 263. The van der Waals surface area contributed by atoms with Crippen molar-refractivity contribution in [2.24, 2.45) is 11.8 Å². The van der Waals surface area contributed by atoms with E-state index in [0.29, 0.717) is 19.3 Å². The Hall–Kier alpha value is -0.740. The molecule has 0 heterocycles. The third-order valence-electron chi connectivity index (χ3n) is 3.10. The van der Waals surface area contributed by atoms with E-state index in [1.165, 1.54) is 0 Å². The van der Waals surface area contributed by atoms with E-state index >= 15 is 0 Å². The number of rotatable bonds is 3. The number of hydrogen-bond donors (Lipinski definition) is 1. The quantitative estimate of drug-likeness (QED) is 0.819. The van der Waals surface area contributed by atoms with Gasteiger partial charge in [0.15, 0.2) is 0 Å². The molecule has 2 unspecified atom stereocenters. The number of hydrogen-bond acceptors (Lipinski definition) is 1. The third-order valence-corrected chi connectivity index (χ3v) is 3.10. The van der Waals surface area contributed by atoms with Crippen LogP contribution in [0, 0.1) is 11.8 Å². The normalized spacial score (nSPS) is 26.0. The van der Waals surface area contributed by atoms with Crippen molar-refractivity contribution in [2.75, 3.05) is 0 Å². The van der Waals surface area contributed by atoms with Crippen LogP contribution in [0.4, 0.5) is 13.2 Å². The minimum Gasteiger partial charge on any atom is -0.353 e. The van der Waals surface area contributed by atoms with Crippen LogP contribution in [0.3, 0.4) is 0 Å². The number of carbonyl (C=O) groups is 1. The summed E-state index contributed by atoms with van der Waals surface area (Å²) in [5.74, 6) is -1.15. The molecule has 2 nitrogen and oxygen atoms in total.